The van der Waals surface area contributed by atoms with Gasteiger partial charge in [-0.05, 0) is 56.1 Å². The number of carbonyl (C=O) groups excluding carboxylic acids is 1. The van der Waals surface area contributed by atoms with Gasteiger partial charge in [-0.1, -0.05) is 31.2 Å². The fourth-order valence-corrected chi connectivity index (χ4v) is 4.70. The highest BCUT2D eigenvalue weighted by Gasteiger charge is 2.52. The number of carbonyl (C=O) groups is 1. The van der Waals surface area contributed by atoms with Crippen molar-refractivity contribution in [1.29, 1.82) is 0 Å². The number of hydrogen-bond donors (Lipinski definition) is 0. The molecular weight excluding hydrogens is 326 g/mol. The third-order valence-corrected chi connectivity index (χ3v) is 6.48. The van der Waals surface area contributed by atoms with Gasteiger partial charge in [-0.3, -0.25) is 4.79 Å². The van der Waals surface area contributed by atoms with Gasteiger partial charge in [0.15, 0.2) is 0 Å². The van der Waals surface area contributed by atoms with Crippen LogP contribution in [0, 0.1) is 0 Å². The lowest BCUT2D eigenvalue weighted by molar-refractivity contribution is -0.140. The molecule has 0 spiro atoms. The third kappa shape index (κ3) is 3.96. The minimum atomic E-state index is -0.152. The molecule has 2 fully saturated rings. The number of benzene rings is 1. The number of fused-ring (bicyclic) bond motifs is 1. The smallest absolute Gasteiger partial charge is 0.222 e. The molecule has 0 bridgehead atoms. The lowest BCUT2D eigenvalue weighted by Crippen LogP contribution is -2.53. The van der Waals surface area contributed by atoms with Gasteiger partial charge in [0, 0.05) is 27.2 Å². The number of ether oxygens (including phenoxy) is 2. The molecular formula is C22H33NO3. The second kappa shape index (κ2) is 8.53. The van der Waals surface area contributed by atoms with E-state index in [9.17, 15) is 4.79 Å². The van der Waals surface area contributed by atoms with Crippen LogP contribution in [0.25, 0.3) is 0 Å². The molecule has 1 saturated carbocycles. The van der Waals surface area contributed by atoms with Crippen LogP contribution in [0.5, 0.6) is 0 Å². The molecule has 3 rings (SSSR count). The largest absolute Gasteiger partial charge is 0.381 e. The Labute approximate surface area is 157 Å². The molecule has 2 aliphatic rings. The number of nitrogens with zero attached hydrogens (tertiary/aromatic N) is 1. The predicted molar refractivity (Wildman–Crippen MR) is 103 cm³/mol. The summed E-state index contributed by atoms with van der Waals surface area (Å²) in [4.78, 5) is 15.0. The maximum absolute atomic E-state index is 12.9. The molecule has 1 aliphatic heterocycles. The first kappa shape index (κ1) is 19.4. The summed E-state index contributed by atoms with van der Waals surface area (Å²) in [5.74, 6) is 0.274. The van der Waals surface area contributed by atoms with Crippen molar-refractivity contribution in [3.8, 4) is 0 Å². The van der Waals surface area contributed by atoms with Crippen LogP contribution >= 0.6 is 0 Å². The molecule has 3 atom stereocenters. The van der Waals surface area contributed by atoms with Gasteiger partial charge >= 0.3 is 0 Å². The first-order valence-corrected chi connectivity index (χ1v) is 10.1. The van der Waals surface area contributed by atoms with E-state index in [2.05, 4.69) is 36.1 Å². The molecule has 144 valence electrons. The lowest BCUT2D eigenvalue weighted by atomic mass is 9.79. The fraction of sp³-hybridized carbons (Fsp3) is 0.682. The van der Waals surface area contributed by atoms with Crippen LogP contribution in [-0.2, 0) is 27.1 Å². The Balaban J connectivity index is 1.55. The van der Waals surface area contributed by atoms with Crippen molar-refractivity contribution >= 4 is 5.91 Å². The van der Waals surface area contributed by atoms with Crippen LogP contribution in [0.15, 0.2) is 24.3 Å². The zero-order valence-corrected chi connectivity index (χ0v) is 16.5. The van der Waals surface area contributed by atoms with Crippen molar-refractivity contribution in [3.05, 3.63) is 35.4 Å². The van der Waals surface area contributed by atoms with Gasteiger partial charge in [0.2, 0.25) is 5.91 Å². The number of rotatable bonds is 7. The number of hydrogen-bond acceptors (Lipinski definition) is 3. The molecule has 1 aromatic carbocycles. The van der Waals surface area contributed by atoms with E-state index in [1.807, 2.05) is 0 Å². The van der Waals surface area contributed by atoms with E-state index < -0.39 is 0 Å². The summed E-state index contributed by atoms with van der Waals surface area (Å²) in [6.07, 6.45) is 7.66. The number of likely N-dealkylation sites (tertiary alicyclic amines) is 1. The summed E-state index contributed by atoms with van der Waals surface area (Å²) >= 11 is 0. The monoisotopic (exact) mass is 359 g/mol. The van der Waals surface area contributed by atoms with Crippen molar-refractivity contribution in [3.63, 3.8) is 0 Å². The molecule has 26 heavy (non-hydrogen) atoms. The van der Waals surface area contributed by atoms with Gasteiger partial charge in [0.05, 0.1) is 17.7 Å². The van der Waals surface area contributed by atoms with E-state index in [0.29, 0.717) is 6.42 Å². The zero-order valence-electron chi connectivity index (χ0n) is 16.5. The Hall–Kier alpha value is -1.39. The fourth-order valence-electron chi connectivity index (χ4n) is 4.70. The van der Waals surface area contributed by atoms with Crippen LogP contribution in [0.1, 0.15) is 56.6 Å². The lowest BCUT2D eigenvalue weighted by Gasteiger charge is -2.43. The van der Waals surface area contributed by atoms with Crippen molar-refractivity contribution in [2.24, 2.45) is 0 Å². The van der Waals surface area contributed by atoms with Crippen LogP contribution in [0.3, 0.4) is 0 Å². The Morgan fingerprint density at radius 2 is 1.92 bits per heavy atom. The molecule has 1 aliphatic carbocycles. The van der Waals surface area contributed by atoms with Gasteiger partial charge in [-0.2, -0.15) is 0 Å². The van der Waals surface area contributed by atoms with Gasteiger partial charge in [-0.25, -0.2) is 0 Å². The maximum Gasteiger partial charge on any atom is 0.222 e. The summed E-state index contributed by atoms with van der Waals surface area (Å²) < 4.78 is 11.5. The molecule has 0 aromatic heterocycles. The highest BCUT2D eigenvalue weighted by atomic mass is 16.5. The van der Waals surface area contributed by atoms with Gasteiger partial charge in [-0.15, -0.1) is 0 Å². The topological polar surface area (TPSA) is 38.8 Å². The molecule has 1 saturated heterocycles. The van der Waals surface area contributed by atoms with Crippen LogP contribution in [-0.4, -0.2) is 49.3 Å². The highest BCUT2D eigenvalue weighted by molar-refractivity contribution is 5.77. The van der Waals surface area contributed by atoms with Crippen molar-refractivity contribution in [1.82, 2.24) is 4.90 Å². The van der Waals surface area contributed by atoms with Crippen molar-refractivity contribution in [2.45, 2.75) is 76.0 Å². The van der Waals surface area contributed by atoms with Gasteiger partial charge < -0.3 is 14.4 Å². The average molecular weight is 360 g/mol. The first-order valence-electron chi connectivity index (χ1n) is 10.1. The molecule has 4 nitrogen and oxygen atoms in total. The van der Waals surface area contributed by atoms with E-state index >= 15 is 0 Å². The number of amides is 1. The Morgan fingerprint density at radius 3 is 2.58 bits per heavy atom. The normalized spacial score (nSPS) is 28.2. The summed E-state index contributed by atoms with van der Waals surface area (Å²) in [7, 11) is 3.57. The second-order valence-corrected chi connectivity index (χ2v) is 7.78. The second-order valence-electron chi connectivity index (χ2n) is 7.78. The van der Waals surface area contributed by atoms with Crippen molar-refractivity contribution < 1.29 is 14.3 Å². The van der Waals surface area contributed by atoms with E-state index in [1.165, 1.54) is 11.1 Å². The molecule has 4 heteroatoms. The van der Waals surface area contributed by atoms with Gasteiger partial charge in [0.1, 0.15) is 0 Å². The van der Waals surface area contributed by atoms with E-state index in [1.54, 1.807) is 14.2 Å². The van der Waals surface area contributed by atoms with Gasteiger partial charge in [0.25, 0.3) is 0 Å². The highest BCUT2D eigenvalue weighted by Crippen LogP contribution is 2.43. The minimum absolute atomic E-state index is 0.152. The predicted octanol–water partition coefficient (Wildman–Crippen LogP) is 3.76. The van der Waals surface area contributed by atoms with Crippen LogP contribution in [0.2, 0.25) is 0 Å². The molecule has 0 unspecified atom stereocenters. The Kier molecular flexibility index (Phi) is 6.36. The SMILES string of the molecule is CCc1ccc(CCCC(=O)N2CC[C@]3(OC)CC[C@@H](OC)C[C@H]23)cc1. The minimum Gasteiger partial charge on any atom is -0.381 e. The van der Waals surface area contributed by atoms with Crippen LogP contribution < -0.4 is 0 Å². The maximum atomic E-state index is 12.9. The average Bonchev–Trinajstić information content (AvgIpc) is 3.07. The first-order chi connectivity index (χ1) is 12.6. The quantitative estimate of drug-likeness (QED) is 0.744. The standard InChI is InChI=1S/C22H33NO3/c1-4-17-8-10-18(11-9-17)6-5-7-21(24)23-15-14-22(26-3)13-12-19(25-2)16-20(22)23/h8-11,19-20H,4-7,12-16H2,1-3H3/t19-,20+,22-/m1/s1. The Bertz CT molecular complexity index is 600. The molecule has 1 amide bonds. The van der Waals surface area contributed by atoms with Crippen LogP contribution in [0.4, 0.5) is 0 Å². The summed E-state index contributed by atoms with van der Waals surface area (Å²) in [5.41, 5.74) is 2.53. The van der Waals surface area contributed by atoms with E-state index in [4.69, 9.17) is 9.47 Å². The number of methoxy groups -OCH3 is 2. The van der Waals surface area contributed by atoms with E-state index in [-0.39, 0.29) is 23.7 Å². The molecule has 1 heterocycles. The summed E-state index contributed by atoms with van der Waals surface area (Å²) in [6.45, 7) is 2.99. The summed E-state index contributed by atoms with van der Waals surface area (Å²) in [5, 5.41) is 0. The molecule has 0 radical (unpaired) electrons. The van der Waals surface area contributed by atoms with Crippen molar-refractivity contribution in [2.75, 3.05) is 20.8 Å². The molecule has 0 N–H and O–H groups in total. The number of aryl methyl sites for hydroxylation is 2. The zero-order chi connectivity index (χ0) is 18.6. The summed E-state index contributed by atoms with van der Waals surface area (Å²) in [6, 6.07) is 8.94. The Morgan fingerprint density at radius 1 is 1.19 bits per heavy atom. The van der Waals surface area contributed by atoms with E-state index in [0.717, 1.165) is 51.5 Å². The third-order valence-electron chi connectivity index (χ3n) is 6.48. The molecule has 1 aromatic rings.